The minimum Gasteiger partial charge on any atom is -0.457 e. The van der Waals surface area contributed by atoms with E-state index in [2.05, 4.69) is 32.9 Å². The molecule has 2 aromatic rings. The number of carbonyl (C=O) groups is 2. The van der Waals surface area contributed by atoms with Gasteiger partial charge in [-0.15, -0.1) is 0 Å². The highest BCUT2D eigenvalue weighted by Crippen LogP contribution is 2.35. The number of anilines is 1. The van der Waals surface area contributed by atoms with Gasteiger partial charge in [-0.25, -0.2) is 4.79 Å². The number of ether oxygens (including phenoxy) is 1. The van der Waals surface area contributed by atoms with Crippen molar-refractivity contribution in [3.63, 3.8) is 0 Å². The minimum atomic E-state index is -0.199. The number of carbonyl (C=O) groups excluding carboxylic acids is 2. The number of esters is 1. The Hall–Kier alpha value is -2.66. The van der Waals surface area contributed by atoms with Gasteiger partial charge in [0.15, 0.2) is 12.6 Å². The Morgan fingerprint density at radius 1 is 1.00 bits per heavy atom. The van der Waals surface area contributed by atoms with Gasteiger partial charge < -0.3 is 14.1 Å². The zero-order valence-corrected chi connectivity index (χ0v) is 20.3. The number of quaternary nitrogens is 1. The first kappa shape index (κ1) is 23.5. The summed E-state index contributed by atoms with van der Waals surface area (Å²) in [7, 11) is 0. The van der Waals surface area contributed by atoms with Gasteiger partial charge in [0.05, 0.1) is 13.1 Å². The van der Waals surface area contributed by atoms with E-state index in [4.69, 9.17) is 4.74 Å². The molecule has 1 atom stereocenters. The van der Waals surface area contributed by atoms with Crippen molar-refractivity contribution < 1.29 is 18.8 Å². The summed E-state index contributed by atoms with van der Waals surface area (Å²) in [6.07, 6.45) is 5.23. The van der Waals surface area contributed by atoms with Gasteiger partial charge in [-0.1, -0.05) is 48.0 Å². The van der Waals surface area contributed by atoms with Gasteiger partial charge in [0.25, 0.3) is 5.91 Å². The third-order valence-corrected chi connectivity index (χ3v) is 7.39. The van der Waals surface area contributed by atoms with Crippen LogP contribution >= 0.6 is 0 Å². The van der Waals surface area contributed by atoms with E-state index in [0.29, 0.717) is 11.0 Å². The molecule has 4 rings (SSSR count). The molecule has 5 heteroatoms. The quantitative estimate of drug-likeness (QED) is 0.468. The van der Waals surface area contributed by atoms with Gasteiger partial charge in [0.2, 0.25) is 0 Å². The third kappa shape index (κ3) is 5.14. The zero-order chi connectivity index (χ0) is 23.4. The largest absolute Gasteiger partial charge is 0.457 e. The highest BCUT2D eigenvalue weighted by molar-refractivity contribution is 6.00. The van der Waals surface area contributed by atoms with Crippen LogP contribution in [-0.4, -0.2) is 48.6 Å². The molecule has 1 amide bonds. The average Bonchev–Trinajstić information content (AvgIpc) is 3.00. The number of nitrogens with zero attached hydrogens (tertiary/aromatic N) is 2. The molecule has 2 fully saturated rings. The topological polar surface area (TPSA) is 46.6 Å². The van der Waals surface area contributed by atoms with Crippen molar-refractivity contribution in [2.75, 3.05) is 31.1 Å². The van der Waals surface area contributed by atoms with E-state index < -0.39 is 0 Å². The zero-order valence-electron chi connectivity index (χ0n) is 20.3. The fraction of sp³-hybridized carbons (Fsp3) is 0.500. The first-order chi connectivity index (χ1) is 15.9. The van der Waals surface area contributed by atoms with Crippen LogP contribution in [0.1, 0.15) is 54.4 Å². The standard InChI is InChI=1S/C28H37N2O3/c1-21-17-22(2)27(23(3)18-21)29-14-13-25(28(29)32)30(15-9-4-5-10-16-30)19-26(31)33-20-24-11-7-6-8-12-24/h6-8,11-12,17-18,25H,4-5,9-10,13-16,19-20H2,1-3H3/q+1. The molecule has 0 aromatic heterocycles. The van der Waals surface area contributed by atoms with Crippen LogP contribution in [0, 0.1) is 20.8 Å². The highest BCUT2D eigenvalue weighted by Gasteiger charge is 2.49. The van der Waals surface area contributed by atoms with E-state index in [-0.39, 0.29) is 31.1 Å². The average molecular weight is 450 g/mol. The Balaban J connectivity index is 1.54. The molecule has 0 saturated carbocycles. The maximum Gasteiger partial charge on any atom is 0.362 e. The van der Waals surface area contributed by atoms with Crippen LogP contribution in [0.25, 0.3) is 0 Å². The summed E-state index contributed by atoms with van der Waals surface area (Å²) in [6.45, 7) is 9.30. The van der Waals surface area contributed by atoms with Gasteiger partial charge in [-0.3, -0.25) is 4.79 Å². The minimum absolute atomic E-state index is 0.169. The number of benzene rings is 2. The van der Waals surface area contributed by atoms with Crippen LogP contribution in [0.15, 0.2) is 42.5 Å². The Morgan fingerprint density at radius 2 is 1.64 bits per heavy atom. The number of rotatable bonds is 6. The predicted molar refractivity (Wildman–Crippen MR) is 131 cm³/mol. The molecule has 0 spiro atoms. The molecule has 1 unspecified atom stereocenters. The summed E-state index contributed by atoms with van der Waals surface area (Å²) in [6, 6.07) is 13.9. The predicted octanol–water partition coefficient (Wildman–Crippen LogP) is 4.85. The fourth-order valence-electron chi connectivity index (χ4n) is 5.93. The Morgan fingerprint density at radius 3 is 2.27 bits per heavy atom. The lowest BCUT2D eigenvalue weighted by atomic mass is 10.0. The molecule has 2 aliphatic heterocycles. The lowest BCUT2D eigenvalue weighted by molar-refractivity contribution is -0.934. The summed E-state index contributed by atoms with van der Waals surface area (Å²) in [4.78, 5) is 28.8. The van der Waals surface area contributed by atoms with Gasteiger partial charge >= 0.3 is 5.97 Å². The molecular formula is C28H37N2O3+. The molecule has 2 aromatic carbocycles. The first-order valence-corrected chi connectivity index (χ1v) is 12.3. The molecule has 0 bridgehead atoms. The molecular weight excluding hydrogens is 412 g/mol. The third-order valence-electron chi connectivity index (χ3n) is 7.39. The first-order valence-electron chi connectivity index (χ1n) is 12.3. The molecule has 176 valence electrons. The number of aryl methyl sites for hydroxylation is 3. The summed E-state index contributed by atoms with van der Waals surface area (Å²) >= 11 is 0. The molecule has 2 heterocycles. The van der Waals surface area contributed by atoms with Crippen molar-refractivity contribution in [1.29, 1.82) is 0 Å². The Labute approximate surface area is 197 Å². The molecule has 2 aliphatic rings. The van der Waals surface area contributed by atoms with Crippen molar-refractivity contribution in [3.05, 3.63) is 64.7 Å². The lowest BCUT2D eigenvalue weighted by Gasteiger charge is -2.41. The van der Waals surface area contributed by atoms with Crippen molar-refractivity contribution in [2.45, 2.75) is 65.5 Å². The maximum absolute atomic E-state index is 13.8. The van der Waals surface area contributed by atoms with Gasteiger partial charge in [-0.2, -0.15) is 0 Å². The monoisotopic (exact) mass is 449 g/mol. The SMILES string of the molecule is Cc1cc(C)c(N2CCC([N+]3(CC(=O)OCc4ccccc4)CCCCCC3)C2=O)c(C)c1. The molecule has 0 N–H and O–H groups in total. The van der Waals surface area contributed by atoms with E-state index in [0.717, 1.165) is 54.7 Å². The number of hydrogen-bond acceptors (Lipinski definition) is 3. The van der Waals surface area contributed by atoms with E-state index in [1.165, 1.54) is 18.4 Å². The van der Waals surface area contributed by atoms with Crippen molar-refractivity contribution in [3.8, 4) is 0 Å². The van der Waals surface area contributed by atoms with Crippen LogP contribution in [0.2, 0.25) is 0 Å². The second-order valence-corrected chi connectivity index (χ2v) is 9.93. The van der Waals surface area contributed by atoms with Gasteiger partial charge in [-0.05, 0) is 63.1 Å². The molecule has 0 aliphatic carbocycles. The van der Waals surface area contributed by atoms with Crippen molar-refractivity contribution in [2.24, 2.45) is 0 Å². The number of amides is 1. The smallest absolute Gasteiger partial charge is 0.362 e. The summed E-state index contributed by atoms with van der Waals surface area (Å²) in [5, 5.41) is 0. The van der Waals surface area contributed by atoms with Gasteiger partial charge in [0.1, 0.15) is 6.61 Å². The lowest BCUT2D eigenvalue weighted by Crippen LogP contribution is -2.61. The highest BCUT2D eigenvalue weighted by atomic mass is 16.5. The van der Waals surface area contributed by atoms with E-state index in [9.17, 15) is 9.59 Å². The summed E-state index contributed by atoms with van der Waals surface area (Å²) < 4.78 is 6.22. The second kappa shape index (κ2) is 10.1. The van der Waals surface area contributed by atoms with Crippen LogP contribution in [0.5, 0.6) is 0 Å². The van der Waals surface area contributed by atoms with Crippen molar-refractivity contribution in [1.82, 2.24) is 0 Å². The maximum atomic E-state index is 13.8. The summed E-state index contributed by atoms with van der Waals surface area (Å²) in [5.41, 5.74) is 5.54. The number of likely N-dealkylation sites (tertiary alicyclic amines) is 1. The van der Waals surface area contributed by atoms with Crippen LogP contribution in [-0.2, 0) is 20.9 Å². The van der Waals surface area contributed by atoms with E-state index >= 15 is 0 Å². The Kier molecular flexibility index (Phi) is 7.18. The molecule has 0 radical (unpaired) electrons. The molecule has 33 heavy (non-hydrogen) atoms. The normalized spacial score (nSPS) is 20.5. The van der Waals surface area contributed by atoms with Crippen LogP contribution in [0.4, 0.5) is 5.69 Å². The van der Waals surface area contributed by atoms with E-state index in [1.807, 2.05) is 35.2 Å². The fourth-order valence-corrected chi connectivity index (χ4v) is 5.93. The molecule has 2 saturated heterocycles. The second-order valence-electron chi connectivity index (χ2n) is 9.93. The van der Waals surface area contributed by atoms with Crippen LogP contribution < -0.4 is 4.90 Å². The van der Waals surface area contributed by atoms with Crippen molar-refractivity contribution >= 4 is 17.6 Å². The summed E-state index contributed by atoms with van der Waals surface area (Å²) in [5.74, 6) is -0.0301. The van der Waals surface area contributed by atoms with Gasteiger partial charge in [0, 0.05) is 18.7 Å². The Bertz CT molecular complexity index is 970. The van der Waals surface area contributed by atoms with E-state index in [1.54, 1.807) is 0 Å². The molecule has 5 nitrogen and oxygen atoms in total. The number of hydrogen-bond donors (Lipinski definition) is 0. The van der Waals surface area contributed by atoms with Crippen LogP contribution in [0.3, 0.4) is 0 Å².